The van der Waals surface area contributed by atoms with E-state index >= 15 is 0 Å². The van der Waals surface area contributed by atoms with Crippen molar-refractivity contribution in [1.82, 2.24) is 0 Å². The van der Waals surface area contributed by atoms with Gasteiger partial charge in [0.15, 0.2) is 5.78 Å². The number of hydrogen-bond acceptors (Lipinski definition) is 4. The summed E-state index contributed by atoms with van der Waals surface area (Å²) in [4.78, 5) is 14.4. The second kappa shape index (κ2) is 7.22. The Morgan fingerprint density at radius 1 is 1.35 bits per heavy atom. The highest BCUT2D eigenvalue weighted by Gasteiger charge is 2.27. The fourth-order valence-electron chi connectivity index (χ4n) is 2.96. The van der Waals surface area contributed by atoms with Gasteiger partial charge < -0.3 is 14.7 Å². The van der Waals surface area contributed by atoms with Crippen molar-refractivity contribution in [2.45, 2.75) is 45.1 Å². The third-order valence-corrected chi connectivity index (χ3v) is 4.84. The van der Waals surface area contributed by atoms with Gasteiger partial charge in [-0.1, -0.05) is 36.7 Å². The summed E-state index contributed by atoms with van der Waals surface area (Å²) in [6, 6.07) is 3.88. The molecule has 0 atom stereocenters. The zero-order valence-corrected chi connectivity index (χ0v) is 15.9. The number of Topliss-reactive ketones (excluding diaryl/α,β-unsaturated/α-hetero) is 1. The van der Waals surface area contributed by atoms with Crippen LogP contribution in [0.25, 0.3) is 0 Å². The van der Waals surface area contributed by atoms with Crippen LogP contribution in [0.1, 0.15) is 49.5 Å². The summed E-state index contributed by atoms with van der Waals surface area (Å²) in [5.41, 5.74) is 2.57. The Morgan fingerprint density at radius 3 is 2.43 bits per heavy atom. The molecule has 23 heavy (non-hydrogen) atoms. The third kappa shape index (κ3) is 4.07. The van der Waals surface area contributed by atoms with Crippen molar-refractivity contribution in [2.24, 2.45) is 0 Å². The van der Waals surface area contributed by atoms with Crippen LogP contribution in [0.5, 0.6) is 5.75 Å². The number of halogens is 1. The number of anilines is 1. The Labute approximate surface area is 147 Å². The molecule has 128 valence electrons. The molecule has 1 heterocycles. The van der Waals surface area contributed by atoms with Gasteiger partial charge in [0.2, 0.25) is 0 Å². The van der Waals surface area contributed by atoms with Crippen LogP contribution in [0.3, 0.4) is 0 Å². The van der Waals surface area contributed by atoms with Crippen LogP contribution >= 0.6 is 15.9 Å². The number of rotatable bonds is 4. The second-order valence-electron chi connectivity index (χ2n) is 7.10. The average Bonchev–Trinajstić information content (AvgIpc) is 2.52. The van der Waals surface area contributed by atoms with E-state index in [0.29, 0.717) is 10.9 Å². The summed E-state index contributed by atoms with van der Waals surface area (Å²) in [7, 11) is 1.68. The lowest BCUT2D eigenvalue weighted by Crippen LogP contribution is -2.36. The summed E-state index contributed by atoms with van der Waals surface area (Å²) in [5.74, 6) is 0.899. The molecular weight excluding hydrogens is 358 g/mol. The van der Waals surface area contributed by atoms with Crippen molar-refractivity contribution >= 4 is 27.4 Å². The predicted molar refractivity (Wildman–Crippen MR) is 97.3 cm³/mol. The molecule has 1 aromatic carbocycles. The predicted octanol–water partition coefficient (Wildman–Crippen LogP) is 3.53. The van der Waals surface area contributed by atoms with E-state index in [0.717, 1.165) is 42.9 Å². The molecular formula is C18H26BrNO3. The minimum atomic E-state index is -0.230. The largest absolute Gasteiger partial charge is 0.494 e. The molecule has 0 bridgehead atoms. The number of hydrogen-bond donors (Lipinski definition) is 1. The maximum absolute atomic E-state index is 12.2. The van der Waals surface area contributed by atoms with E-state index in [1.807, 2.05) is 12.1 Å². The minimum absolute atomic E-state index is 0.0662. The lowest BCUT2D eigenvalue weighted by molar-refractivity contribution is 0.102. The van der Waals surface area contributed by atoms with Crippen LogP contribution in [0, 0.1) is 0 Å². The van der Waals surface area contributed by atoms with Crippen molar-refractivity contribution in [3.8, 4) is 5.75 Å². The standard InChI is InChI=1S/C18H26BrNO3/c1-18(2,3)14-9-12(16(22)11-19)10-15(17(14)23-4)20-7-5-13(21)6-8-20/h9-10,13,21H,5-8,11H2,1-4H3. The third-order valence-electron chi connectivity index (χ3n) is 4.33. The van der Waals surface area contributed by atoms with Crippen LogP contribution in [0.2, 0.25) is 0 Å². The number of nitrogens with zero attached hydrogens (tertiary/aromatic N) is 1. The first-order valence-corrected chi connectivity index (χ1v) is 9.14. The van der Waals surface area contributed by atoms with Gasteiger partial charge >= 0.3 is 0 Å². The summed E-state index contributed by atoms with van der Waals surface area (Å²) >= 11 is 3.26. The van der Waals surface area contributed by atoms with Gasteiger partial charge in [-0.15, -0.1) is 0 Å². The lowest BCUT2D eigenvalue weighted by atomic mass is 9.84. The summed E-state index contributed by atoms with van der Waals surface area (Å²) < 4.78 is 5.72. The number of carbonyl (C=O) groups is 1. The number of piperidine rings is 1. The van der Waals surface area contributed by atoms with E-state index < -0.39 is 0 Å². The number of ketones is 1. The van der Waals surface area contributed by atoms with Crippen molar-refractivity contribution in [3.63, 3.8) is 0 Å². The summed E-state index contributed by atoms with van der Waals surface area (Å²) in [6.45, 7) is 7.91. The molecule has 4 nitrogen and oxygen atoms in total. The molecule has 1 aliphatic rings. The van der Waals surface area contributed by atoms with Gasteiger partial charge in [-0.25, -0.2) is 0 Å². The van der Waals surface area contributed by atoms with E-state index in [4.69, 9.17) is 4.74 Å². The molecule has 2 rings (SSSR count). The smallest absolute Gasteiger partial charge is 0.173 e. The average molecular weight is 384 g/mol. The maximum atomic E-state index is 12.2. The Balaban J connectivity index is 2.56. The van der Waals surface area contributed by atoms with Gasteiger partial charge in [-0.05, 0) is 30.4 Å². The lowest BCUT2D eigenvalue weighted by Gasteiger charge is -2.34. The number of alkyl halides is 1. The minimum Gasteiger partial charge on any atom is -0.494 e. The highest BCUT2D eigenvalue weighted by molar-refractivity contribution is 9.09. The van der Waals surface area contributed by atoms with E-state index in [2.05, 4.69) is 41.6 Å². The van der Waals surface area contributed by atoms with Gasteiger partial charge in [0, 0.05) is 24.2 Å². The number of benzene rings is 1. The topological polar surface area (TPSA) is 49.8 Å². The van der Waals surface area contributed by atoms with E-state index in [9.17, 15) is 9.90 Å². The van der Waals surface area contributed by atoms with E-state index in [1.165, 1.54) is 0 Å². The van der Waals surface area contributed by atoms with Crippen LogP contribution in [0.15, 0.2) is 12.1 Å². The van der Waals surface area contributed by atoms with Gasteiger partial charge in [0.25, 0.3) is 0 Å². The number of aliphatic hydroxyl groups excluding tert-OH is 1. The molecule has 1 aromatic rings. The van der Waals surface area contributed by atoms with Crippen LogP contribution in [-0.2, 0) is 5.41 Å². The maximum Gasteiger partial charge on any atom is 0.173 e. The van der Waals surface area contributed by atoms with Gasteiger partial charge in [0.1, 0.15) is 5.75 Å². The van der Waals surface area contributed by atoms with E-state index in [1.54, 1.807) is 7.11 Å². The molecule has 0 amide bonds. The summed E-state index contributed by atoms with van der Waals surface area (Å²) in [5, 5.41) is 10.1. The molecule has 0 unspecified atom stereocenters. The SMILES string of the molecule is COc1c(N2CCC(O)CC2)cc(C(=O)CBr)cc1C(C)(C)C. The Morgan fingerprint density at radius 2 is 1.96 bits per heavy atom. The second-order valence-corrected chi connectivity index (χ2v) is 7.66. The zero-order chi connectivity index (χ0) is 17.2. The molecule has 0 radical (unpaired) electrons. The molecule has 1 fully saturated rings. The fourth-order valence-corrected chi connectivity index (χ4v) is 3.29. The molecule has 0 aliphatic carbocycles. The monoisotopic (exact) mass is 383 g/mol. The van der Waals surface area contributed by atoms with Crippen LogP contribution < -0.4 is 9.64 Å². The molecule has 1 aliphatic heterocycles. The van der Waals surface area contributed by atoms with Gasteiger partial charge in [-0.2, -0.15) is 0 Å². The summed E-state index contributed by atoms with van der Waals surface area (Å²) in [6.07, 6.45) is 1.25. The molecule has 0 spiro atoms. The number of aliphatic hydroxyl groups is 1. The van der Waals surface area contributed by atoms with Crippen molar-refractivity contribution in [3.05, 3.63) is 23.3 Å². The molecule has 1 N–H and O–H groups in total. The fraction of sp³-hybridized carbons (Fsp3) is 0.611. The number of carbonyl (C=O) groups excluding carboxylic acids is 1. The van der Waals surface area contributed by atoms with Crippen LogP contribution in [-0.4, -0.2) is 42.5 Å². The Kier molecular flexibility index (Phi) is 5.74. The molecule has 1 saturated heterocycles. The first-order chi connectivity index (χ1) is 10.8. The Hall–Kier alpha value is -1.07. The number of methoxy groups -OCH3 is 1. The van der Waals surface area contributed by atoms with Gasteiger partial charge in [0.05, 0.1) is 24.2 Å². The molecule has 0 saturated carbocycles. The van der Waals surface area contributed by atoms with Crippen molar-refractivity contribution < 1.29 is 14.6 Å². The van der Waals surface area contributed by atoms with Crippen molar-refractivity contribution in [2.75, 3.05) is 30.4 Å². The highest BCUT2D eigenvalue weighted by Crippen LogP contribution is 2.41. The first-order valence-electron chi connectivity index (χ1n) is 8.02. The van der Waals surface area contributed by atoms with Gasteiger partial charge in [-0.3, -0.25) is 4.79 Å². The Bertz CT molecular complexity index is 572. The molecule has 0 aromatic heterocycles. The van der Waals surface area contributed by atoms with Crippen LogP contribution in [0.4, 0.5) is 5.69 Å². The number of ether oxygens (including phenoxy) is 1. The van der Waals surface area contributed by atoms with E-state index in [-0.39, 0.29) is 17.3 Å². The normalized spacial score (nSPS) is 16.5. The molecule has 5 heteroatoms. The van der Waals surface area contributed by atoms with Crippen molar-refractivity contribution in [1.29, 1.82) is 0 Å². The first kappa shape index (κ1) is 18.3. The highest BCUT2D eigenvalue weighted by atomic mass is 79.9. The zero-order valence-electron chi connectivity index (χ0n) is 14.4. The quantitative estimate of drug-likeness (QED) is 0.638.